The number of amides is 2. The highest BCUT2D eigenvalue weighted by Crippen LogP contribution is 2.18. The van der Waals surface area contributed by atoms with Crippen molar-refractivity contribution in [1.82, 2.24) is 4.90 Å². The van der Waals surface area contributed by atoms with Crippen molar-refractivity contribution in [3.63, 3.8) is 0 Å². The van der Waals surface area contributed by atoms with Crippen LogP contribution in [0.3, 0.4) is 0 Å². The Bertz CT molecular complexity index is 502. The van der Waals surface area contributed by atoms with E-state index in [0.717, 1.165) is 23.5 Å². The number of aryl methyl sites for hydroxylation is 2. The standard InChI is InChI=1S/C14H18N2O2S/c1-10-3-4-12(9-11(10)2)15-13(17)5-6-16-7-8-19-14(16)18/h3-4,9H,5-8H2,1-2H3,(H,15,17). The van der Waals surface area contributed by atoms with Crippen molar-refractivity contribution in [3.05, 3.63) is 29.3 Å². The van der Waals surface area contributed by atoms with Crippen LogP contribution in [0, 0.1) is 13.8 Å². The van der Waals surface area contributed by atoms with Gasteiger partial charge < -0.3 is 10.2 Å². The van der Waals surface area contributed by atoms with Crippen LogP contribution >= 0.6 is 11.8 Å². The fraction of sp³-hybridized carbons (Fsp3) is 0.429. The van der Waals surface area contributed by atoms with Gasteiger partial charge in [0.2, 0.25) is 5.91 Å². The average molecular weight is 278 g/mol. The molecule has 0 saturated carbocycles. The molecule has 5 heteroatoms. The second kappa shape index (κ2) is 6.10. The van der Waals surface area contributed by atoms with Gasteiger partial charge in [0.25, 0.3) is 5.24 Å². The summed E-state index contributed by atoms with van der Waals surface area (Å²) in [5.41, 5.74) is 3.18. The lowest BCUT2D eigenvalue weighted by molar-refractivity contribution is -0.116. The summed E-state index contributed by atoms with van der Waals surface area (Å²) in [7, 11) is 0. The number of nitrogens with zero attached hydrogens (tertiary/aromatic N) is 1. The van der Waals surface area contributed by atoms with Gasteiger partial charge in [0, 0.05) is 31.0 Å². The van der Waals surface area contributed by atoms with E-state index in [9.17, 15) is 9.59 Å². The predicted octanol–water partition coefficient (Wildman–Crippen LogP) is 2.80. The first-order chi connectivity index (χ1) is 9.06. The van der Waals surface area contributed by atoms with Crippen molar-refractivity contribution < 1.29 is 9.59 Å². The van der Waals surface area contributed by atoms with E-state index >= 15 is 0 Å². The smallest absolute Gasteiger partial charge is 0.281 e. The summed E-state index contributed by atoms with van der Waals surface area (Å²) in [4.78, 5) is 24.9. The van der Waals surface area contributed by atoms with E-state index in [1.807, 2.05) is 32.0 Å². The van der Waals surface area contributed by atoms with Crippen LogP contribution in [0.5, 0.6) is 0 Å². The molecule has 1 fully saturated rings. The van der Waals surface area contributed by atoms with Gasteiger partial charge in [-0.1, -0.05) is 17.8 Å². The van der Waals surface area contributed by atoms with Crippen LogP contribution in [0.25, 0.3) is 0 Å². The van der Waals surface area contributed by atoms with Crippen LogP contribution in [0.15, 0.2) is 18.2 Å². The molecule has 0 bridgehead atoms. The topological polar surface area (TPSA) is 49.4 Å². The second-order valence-electron chi connectivity index (χ2n) is 4.70. The maximum atomic E-state index is 11.8. The molecule has 19 heavy (non-hydrogen) atoms. The highest BCUT2D eigenvalue weighted by atomic mass is 32.2. The van der Waals surface area contributed by atoms with Crippen LogP contribution < -0.4 is 5.32 Å². The molecule has 0 atom stereocenters. The van der Waals surface area contributed by atoms with Crippen molar-refractivity contribution in [2.75, 3.05) is 24.2 Å². The summed E-state index contributed by atoms with van der Waals surface area (Å²) in [5, 5.41) is 2.95. The zero-order valence-corrected chi connectivity index (χ0v) is 12.0. The first kappa shape index (κ1) is 13.9. The number of benzene rings is 1. The Hall–Kier alpha value is -1.49. The van der Waals surface area contributed by atoms with E-state index in [4.69, 9.17) is 0 Å². The van der Waals surface area contributed by atoms with E-state index in [0.29, 0.717) is 13.0 Å². The lowest BCUT2D eigenvalue weighted by Gasteiger charge is -2.14. The van der Waals surface area contributed by atoms with E-state index in [1.165, 1.54) is 17.3 Å². The van der Waals surface area contributed by atoms with E-state index < -0.39 is 0 Å². The molecule has 0 spiro atoms. The lowest BCUT2D eigenvalue weighted by Crippen LogP contribution is -2.27. The fourth-order valence-corrected chi connectivity index (χ4v) is 2.76. The van der Waals surface area contributed by atoms with Crippen molar-refractivity contribution in [2.24, 2.45) is 0 Å². The number of carbonyl (C=O) groups is 2. The van der Waals surface area contributed by atoms with Gasteiger partial charge in [-0.05, 0) is 37.1 Å². The molecule has 1 aromatic rings. The molecule has 1 N–H and O–H groups in total. The van der Waals surface area contributed by atoms with Gasteiger partial charge in [0.05, 0.1) is 0 Å². The Labute approximate surface area is 117 Å². The number of hydrogen-bond acceptors (Lipinski definition) is 3. The van der Waals surface area contributed by atoms with Gasteiger partial charge in [-0.3, -0.25) is 9.59 Å². The summed E-state index contributed by atoms with van der Waals surface area (Å²) in [5.74, 6) is 0.783. The first-order valence-corrected chi connectivity index (χ1v) is 7.33. The quantitative estimate of drug-likeness (QED) is 0.921. The number of thioether (sulfide) groups is 1. The fourth-order valence-electron chi connectivity index (χ4n) is 1.91. The minimum absolute atomic E-state index is 0.0482. The van der Waals surface area contributed by atoms with Gasteiger partial charge in [-0.2, -0.15) is 0 Å². The summed E-state index contributed by atoms with van der Waals surface area (Å²) in [6.07, 6.45) is 0.346. The molecule has 2 amide bonds. The maximum absolute atomic E-state index is 11.8. The number of hydrogen-bond donors (Lipinski definition) is 1. The number of carbonyl (C=O) groups excluding carboxylic acids is 2. The van der Waals surface area contributed by atoms with Crippen LogP contribution in [0.2, 0.25) is 0 Å². The highest BCUT2D eigenvalue weighted by Gasteiger charge is 2.21. The summed E-state index contributed by atoms with van der Waals surface area (Å²) < 4.78 is 0. The highest BCUT2D eigenvalue weighted by molar-refractivity contribution is 8.13. The molecule has 4 nitrogen and oxygen atoms in total. The maximum Gasteiger partial charge on any atom is 0.281 e. The molecule has 1 saturated heterocycles. The average Bonchev–Trinajstić information content (AvgIpc) is 2.77. The van der Waals surface area contributed by atoms with Crippen LogP contribution in [0.4, 0.5) is 10.5 Å². The van der Waals surface area contributed by atoms with Gasteiger partial charge >= 0.3 is 0 Å². The summed E-state index contributed by atoms with van der Waals surface area (Å²) in [6.45, 7) is 5.31. The second-order valence-corrected chi connectivity index (χ2v) is 5.74. The number of nitrogens with one attached hydrogen (secondary N) is 1. The number of anilines is 1. The molecule has 0 aliphatic carbocycles. The van der Waals surface area contributed by atoms with Crippen molar-refractivity contribution in [3.8, 4) is 0 Å². The molecule has 0 radical (unpaired) electrons. The SMILES string of the molecule is Cc1ccc(NC(=O)CCN2CCSC2=O)cc1C. The predicted molar refractivity (Wildman–Crippen MR) is 78.6 cm³/mol. The third kappa shape index (κ3) is 3.73. The summed E-state index contributed by atoms with van der Waals surface area (Å²) in [6, 6.07) is 5.85. The van der Waals surface area contributed by atoms with Gasteiger partial charge in [0.1, 0.15) is 0 Å². The largest absolute Gasteiger partial charge is 0.332 e. The normalized spacial score (nSPS) is 14.8. The lowest BCUT2D eigenvalue weighted by atomic mass is 10.1. The number of rotatable bonds is 4. The Morgan fingerprint density at radius 2 is 2.16 bits per heavy atom. The van der Waals surface area contributed by atoms with E-state index in [1.54, 1.807) is 4.90 Å². The van der Waals surface area contributed by atoms with Crippen LogP contribution in [-0.2, 0) is 4.79 Å². The van der Waals surface area contributed by atoms with Gasteiger partial charge in [0.15, 0.2) is 0 Å². The summed E-state index contributed by atoms with van der Waals surface area (Å²) >= 11 is 1.32. The molecular formula is C14H18N2O2S. The molecule has 0 unspecified atom stereocenters. The van der Waals surface area contributed by atoms with Crippen LogP contribution in [0.1, 0.15) is 17.5 Å². The minimum Gasteiger partial charge on any atom is -0.332 e. The van der Waals surface area contributed by atoms with Gasteiger partial charge in [-0.15, -0.1) is 0 Å². The third-order valence-corrected chi connectivity index (χ3v) is 4.14. The van der Waals surface area contributed by atoms with Crippen molar-refractivity contribution in [1.29, 1.82) is 0 Å². The molecule has 102 valence electrons. The Morgan fingerprint density at radius 3 is 2.79 bits per heavy atom. The third-order valence-electron chi connectivity index (χ3n) is 3.24. The van der Waals surface area contributed by atoms with Crippen LogP contribution in [-0.4, -0.2) is 34.9 Å². The Balaban J connectivity index is 1.83. The van der Waals surface area contributed by atoms with Gasteiger partial charge in [-0.25, -0.2) is 0 Å². The molecular weight excluding hydrogens is 260 g/mol. The molecule has 1 heterocycles. The minimum atomic E-state index is -0.0482. The molecule has 1 aromatic carbocycles. The van der Waals surface area contributed by atoms with E-state index in [-0.39, 0.29) is 11.1 Å². The zero-order valence-electron chi connectivity index (χ0n) is 11.2. The molecule has 0 aromatic heterocycles. The molecule has 2 rings (SSSR count). The first-order valence-electron chi connectivity index (χ1n) is 6.35. The Kier molecular flexibility index (Phi) is 4.47. The monoisotopic (exact) mass is 278 g/mol. The van der Waals surface area contributed by atoms with E-state index in [2.05, 4.69) is 5.32 Å². The zero-order chi connectivity index (χ0) is 13.8. The van der Waals surface area contributed by atoms with Crippen molar-refractivity contribution >= 4 is 28.6 Å². The molecule has 1 aliphatic rings. The van der Waals surface area contributed by atoms with Crippen molar-refractivity contribution in [2.45, 2.75) is 20.3 Å². The Morgan fingerprint density at radius 1 is 1.37 bits per heavy atom. The molecule has 1 aliphatic heterocycles.